The predicted molar refractivity (Wildman–Crippen MR) is 103 cm³/mol. The normalized spacial score (nSPS) is 22.2. The Morgan fingerprint density at radius 2 is 1.96 bits per heavy atom. The number of likely N-dealkylation sites (tertiary alicyclic amines) is 1. The number of rotatable bonds is 2. The number of hydrogen-bond acceptors (Lipinski definition) is 5. The molecule has 2 aromatic rings. The van der Waals surface area contributed by atoms with Crippen molar-refractivity contribution in [1.29, 1.82) is 0 Å². The minimum absolute atomic E-state index is 0.136. The van der Waals surface area contributed by atoms with Gasteiger partial charge in [-0.2, -0.15) is 0 Å². The van der Waals surface area contributed by atoms with Crippen LogP contribution in [0.25, 0.3) is 0 Å². The number of hydrogen-bond donors (Lipinski definition) is 1. The smallest absolute Gasteiger partial charge is 0.244 e. The summed E-state index contributed by atoms with van der Waals surface area (Å²) in [5, 5.41) is 0. The molecule has 0 unspecified atom stereocenters. The Labute approximate surface area is 159 Å². The second-order valence-corrected chi connectivity index (χ2v) is 10.5. The van der Waals surface area contributed by atoms with E-state index in [1.165, 1.54) is 9.75 Å². The van der Waals surface area contributed by atoms with E-state index in [0.717, 1.165) is 32.5 Å². The molecule has 3 heterocycles. The van der Waals surface area contributed by atoms with Crippen LogP contribution in [0.4, 0.5) is 0 Å². The SMILES string of the molecule is Cc1ccc(CN2CCC3(CC2)CNS(=O)(=O)c2ccccc2OC3)s1. The first kappa shape index (κ1) is 18.0. The number of ether oxygens (including phenoxy) is 1. The van der Waals surface area contributed by atoms with Gasteiger partial charge >= 0.3 is 0 Å². The van der Waals surface area contributed by atoms with E-state index in [2.05, 4.69) is 28.7 Å². The van der Waals surface area contributed by atoms with Crippen molar-refractivity contribution in [1.82, 2.24) is 9.62 Å². The first-order valence-corrected chi connectivity index (χ1v) is 11.3. The molecule has 0 atom stereocenters. The standard InChI is InChI=1S/C19H24N2O3S2/c1-15-6-7-16(25-15)12-21-10-8-19(9-11-21)13-20-26(22,23)18-5-3-2-4-17(18)24-14-19/h2-7,20H,8-14H2,1H3. The molecule has 26 heavy (non-hydrogen) atoms. The molecule has 1 spiro atoms. The molecule has 1 aromatic carbocycles. The Bertz CT molecular complexity index is 884. The minimum atomic E-state index is -3.52. The third-order valence-corrected chi connectivity index (χ3v) is 7.83. The van der Waals surface area contributed by atoms with Crippen LogP contribution in [0.3, 0.4) is 0 Å². The topological polar surface area (TPSA) is 58.6 Å². The lowest BCUT2D eigenvalue weighted by Crippen LogP contribution is -2.49. The van der Waals surface area contributed by atoms with Gasteiger partial charge in [-0.1, -0.05) is 12.1 Å². The Morgan fingerprint density at radius 3 is 2.69 bits per heavy atom. The number of para-hydroxylation sites is 1. The predicted octanol–water partition coefficient (Wildman–Crippen LogP) is 3.01. The summed E-state index contributed by atoms with van der Waals surface area (Å²) in [5.74, 6) is 0.454. The van der Waals surface area contributed by atoms with Crippen LogP contribution in [0.2, 0.25) is 0 Å². The number of fused-ring (bicyclic) bond motifs is 1. The zero-order chi connectivity index (χ0) is 18.2. The van der Waals surface area contributed by atoms with Gasteiger partial charge in [-0.3, -0.25) is 4.90 Å². The van der Waals surface area contributed by atoms with E-state index in [9.17, 15) is 8.42 Å². The monoisotopic (exact) mass is 392 g/mol. The van der Waals surface area contributed by atoms with Crippen molar-refractivity contribution >= 4 is 21.4 Å². The molecule has 0 saturated carbocycles. The summed E-state index contributed by atoms with van der Waals surface area (Å²) in [5.41, 5.74) is -0.136. The van der Waals surface area contributed by atoms with E-state index >= 15 is 0 Å². The van der Waals surface area contributed by atoms with E-state index in [1.54, 1.807) is 18.2 Å². The van der Waals surface area contributed by atoms with Crippen LogP contribution in [0, 0.1) is 12.3 Å². The quantitative estimate of drug-likeness (QED) is 0.854. The lowest BCUT2D eigenvalue weighted by molar-refractivity contribution is 0.0527. The molecule has 2 aliphatic heterocycles. The molecule has 0 aliphatic carbocycles. The summed E-state index contributed by atoms with van der Waals surface area (Å²) >= 11 is 1.85. The Balaban J connectivity index is 1.46. The average Bonchev–Trinajstić information content (AvgIpc) is 3.04. The van der Waals surface area contributed by atoms with Gasteiger partial charge < -0.3 is 4.74 Å². The number of aryl methyl sites for hydroxylation is 1. The van der Waals surface area contributed by atoms with Gasteiger partial charge in [-0.25, -0.2) is 13.1 Å². The van der Waals surface area contributed by atoms with Gasteiger partial charge in [0.15, 0.2) is 0 Å². The van der Waals surface area contributed by atoms with Gasteiger partial charge in [0, 0.05) is 28.3 Å². The summed E-state index contributed by atoms with van der Waals surface area (Å²) in [7, 11) is -3.52. The van der Waals surface area contributed by atoms with Crippen LogP contribution < -0.4 is 9.46 Å². The molecule has 0 amide bonds. The molecule has 1 N–H and O–H groups in total. The highest BCUT2D eigenvalue weighted by molar-refractivity contribution is 7.89. The summed E-state index contributed by atoms with van der Waals surface area (Å²) in [6.45, 7) is 6.03. The van der Waals surface area contributed by atoms with Gasteiger partial charge in [-0.05, 0) is 57.1 Å². The van der Waals surface area contributed by atoms with Crippen molar-refractivity contribution in [2.45, 2.75) is 31.2 Å². The van der Waals surface area contributed by atoms with E-state index in [0.29, 0.717) is 18.9 Å². The molecular formula is C19H24N2O3S2. The Morgan fingerprint density at radius 1 is 1.19 bits per heavy atom. The molecule has 140 valence electrons. The van der Waals surface area contributed by atoms with Crippen LogP contribution in [-0.4, -0.2) is 39.6 Å². The highest BCUT2D eigenvalue weighted by Crippen LogP contribution is 2.36. The maximum atomic E-state index is 12.6. The minimum Gasteiger partial charge on any atom is -0.492 e. The first-order chi connectivity index (χ1) is 12.5. The third-order valence-electron chi connectivity index (χ3n) is 5.40. The van der Waals surface area contributed by atoms with Crippen molar-refractivity contribution in [3.05, 3.63) is 46.2 Å². The molecule has 4 rings (SSSR count). The molecule has 0 radical (unpaired) electrons. The lowest BCUT2D eigenvalue weighted by atomic mass is 9.79. The molecular weight excluding hydrogens is 368 g/mol. The third kappa shape index (κ3) is 3.67. The number of nitrogens with zero attached hydrogens (tertiary/aromatic N) is 1. The molecule has 0 bridgehead atoms. The highest BCUT2D eigenvalue weighted by atomic mass is 32.2. The number of benzene rings is 1. The molecule has 1 aromatic heterocycles. The molecule has 1 saturated heterocycles. The zero-order valence-electron chi connectivity index (χ0n) is 14.9. The van der Waals surface area contributed by atoms with Crippen molar-refractivity contribution < 1.29 is 13.2 Å². The fourth-order valence-electron chi connectivity index (χ4n) is 3.70. The van der Waals surface area contributed by atoms with Crippen LogP contribution in [0.15, 0.2) is 41.3 Å². The van der Waals surface area contributed by atoms with Gasteiger partial charge in [-0.15, -0.1) is 11.3 Å². The Hall–Kier alpha value is -1.41. The van der Waals surface area contributed by atoms with Crippen LogP contribution in [-0.2, 0) is 16.6 Å². The average molecular weight is 393 g/mol. The maximum Gasteiger partial charge on any atom is 0.244 e. The van der Waals surface area contributed by atoms with Crippen LogP contribution in [0.5, 0.6) is 5.75 Å². The number of piperidine rings is 1. The van der Waals surface area contributed by atoms with E-state index in [-0.39, 0.29) is 10.3 Å². The van der Waals surface area contributed by atoms with Crippen molar-refractivity contribution in [2.75, 3.05) is 26.2 Å². The largest absolute Gasteiger partial charge is 0.492 e. The van der Waals surface area contributed by atoms with Gasteiger partial charge in [0.2, 0.25) is 10.0 Å². The van der Waals surface area contributed by atoms with E-state index < -0.39 is 10.0 Å². The van der Waals surface area contributed by atoms with Crippen molar-refractivity contribution in [3.63, 3.8) is 0 Å². The summed E-state index contributed by atoms with van der Waals surface area (Å²) in [6, 6.07) is 11.2. The molecule has 5 nitrogen and oxygen atoms in total. The zero-order valence-corrected chi connectivity index (χ0v) is 16.5. The van der Waals surface area contributed by atoms with Crippen LogP contribution in [0.1, 0.15) is 22.6 Å². The molecule has 7 heteroatoms. The molecule has 2 aliphatic rings. The summed E-state index contributed by atoms with van der Waals surface area (Å²) < 4.78 is 34.0. The van der Waals surface area contributed by atoms with Crippen LogP contribution >= 0.6 is 11.3 Å². The summed E-state index contributed by atoms with van der Waals surface area (Å²) in [4.78, 5) is 5.43. The van der Waals surface area contributed by atoms with Crippen molar-refractivity contribution in [3.8, 4) is 5.75 Å². The highest BCUT2D eigenvalue weighted by Gasteiger charge is 2.38. The Kier molecular flexibility index (Phi) is 4.81. The van der Waals surface area contributed by atoms with Crippen molar-refractivity contribution in [2.24, 2.45) is 5.41 Å². The van der Waals surface area contributed by atoms with Gasteiger partial charge in [0.05, 0.1) is 6.61 Å². The summed E-state index contributed by atoms with van der Waals surface area (Å²) in [6.07, 6.45) is 1.87. The first-order valence-electron chi connectivity index (χ1n) is 8.95. The van der Waals surface area contributed by atoms with Gasteiger partial charge in [0.25, 0.3) is 0 Å². The fraction of sp³-hybridized carbons (Fsp3) is 0.474. The lowest BCUT2D eigenvalue weighted by Gasteiger charge is -2.42. The number of nitrogens with one attached hydrogen (secondary N) is 1. The van der Waals surface area contributed by atoms with E-state index in [1.807, 2.05) is 17.4 Å². The van der Waals surface area contributed by atoms with E-state index in [4.69, 9.17) is 4.74 Å². The second kappa shape index (κ2) is 6.96. The number of sulfonamides is 1. The fourth-order valence-corrected chi connectivity index (χ4v) is 5.93. The maximum absolute atomic E-state index is 12.6. The molecule has 1 fully saturated rings. The number of thiophene rings is 1. The second-order valence-electron chi connectivity index (χ2n) is 7.35. The van der Waals surface area contributed by atoms with Gasteiger partial charge in [0.1, 0.15) is 10.6 Å².